The van der Waals surface area contributed by atoms with E-state index in [4.69, 9.17) is 9.47 Å². The Kier molecular flexibility index (Phi) is 4.88. The monoisotopic (exact) mass is 277 g/mol. The number of carbonyl (C=O) groups excluding carboxylic acids is 1. The molecular formula is C16H23NO3. The van der Waals surface area contributed by atoms with Crippen LogP contribution in [0, 0.1) is 5.92 Å². The van der Waals surface area contributed by atoms with Gasteiger partial charge in [-0.1, -0.05) is 19.8 Å². The van der Waals surface area contributed by atoms with E-state index in [2.05, 4.69) is 12.2 Å². The van der Waals surface area contributed by atoms with Crippen LogP contribution >= 0.6 is 0 Å². The Morgan fingerprint density at radius 2 is 1.85 bits per heavy atom. The molecule has 0 saturated heterocycles. The second-order valence-corrected chi connectivity index (χ2v) is 5.41. The molecule has 4 heteroatoms. The lowest BCUT2D eigenvalue weighted by atomic mass is 9.86. The zero-order chi connectivity index (χ0) is 14.5. The van der Waals surface area contributed by atoms with E-state index >= 15 is 0 Å². The van der Waals surface area contributed by atoms with Gasteiger partial charge in [0.25, 0.3) is 5.91 Å². The number of carbonyl (C=O) groups is 1. The van der Waals surface area contributed by atoms with Crippen LogP contribution in [0.2, 0.25) is 0 Å². The minimum Gasteiger partial charge on any atom is -0.493 e. The fraction of sp³-hybridized carbons (Fsp3) is 0.562. The maximum Gasteiger partial charge on any atom is 0.251 e. The minimum absolute atomic E-state index is 0.0373. The Balaban J connectivity index is 2.08. The predicted molar refractivity (Wildman–Crippen MR) is 78.4 cm³/mol. The van der Waals surface area contributed by atoms with Crippen LogP contribution < -0.4 is 14.8 Å². The molecule has 0 radical (unpaired) electrons. The van der Waals surface area contributed by atoms with Gasteiger partial charge in [0.1, 0.15) is 0 Å². The van der Waals surface area contributed by atoms with Crippen molar-refractivity contribution in [1.82, 2.24) is 5.32 Å². The number of ether oxygens (including phenoxy) is 2. The molecule has 0 aliphatic heterocycles. The molecule has 0 bridgehead atoms. The first-order valence-corrected chi connectivity index (χ1v) is 7.18. The fourth-order valence-corrected chi connectivity index (χ4v) is 2.76. The summed E-state index contributed by atoms with van der Waals surface area (Å²) < 4.78 is 10.4. The van der Waals surface area contributed by atoms with Crippen molar-refractivity contribution < 1.29 is 14.3 Å². The van der Waals surface area contributed by atoms with Crippen molar-refractivity contribution >= 4 is 5.91 Å². The number of rotatable bonds is 4. The minimum atomic E-state index is -0.0373. The average Bonchev–Trinajstić information content (AvgIpc) is 2.48. The van der Waals surface area contributed by atoms with Crippen molar-refractivity contribution in [3.63, 3.8) is 0 Å². The summed E-state index contributed by atoms with van der Waals surface area (Å²) in [6.45, 7) is 2.21. The molecule has 0 aromatic heterocycles. The van der Waals surface area contributed by atoms with E-state index in [1.807, 2.05) is 0 Å². The summed E-state index contributed by atoms with van der Waals surface area (Å²) in [6, 6.07) is 5.54. The molecule has 1 N–H and O–H groups in total. The zero-order valence-corrected chi connectivity index (χ0v) is 12.4. The van der Waals surface area contributed by atoms with Gasteiger partial charge in [-0.25, -0.2) is 0 Å². The van der Waals surface area contributed by atoms with Crippen LogP contribution in [0.5, 0.6) is 11.5 Å². The summed E-state index contributed by atoms with van der Waals surface area (Å²) in [5, 5.41) is 3.14. The third-order valence-corrected chi connectivity index (χ3v) is 4.07. The molecule has 2 atom stereocenters. The van der Waals surface area contributed by atoms with Crippen molar-refractivity contribution in [2.45, 2.75) is 38.6 Å². The topological polar surface area (TPSA) is 47.6 Å². The molecule has 1 aromatic carbocycles. The van der Waals surface area contributed by atoms with Gasteiger partial charge in [-0.15, -0.1) is 0 Å². The Bertz CT molecular complexity index is 473. The SMILES string of the molecule is COc1ccc(C(=O)N[C@@H]2CCCC[C@H]2C)cc1OC. The first-order chi connectivity index (χ1) is 9.65. The molecule has 4 nitrogen and oxygen atoms in total. The molecule has 1 aromatic rings. The average molecular weight is 277 g/mol. The number of amides is 1. The molecule has 20 heavy (non-hydrogen) atoms. The normalized spacial score (nSPS) is 22.1. The van der Waals surface area contributed by atoms with Crippen LogP contribution in [0.3, 0.4) is 0 Å². The van der Waals surface area contributed by atoms with E-state index in [0.29, 0.717) is 23.0 Å². The number of hydrogen-bond acceptors (Lipinski definition) is 3. The van der Waals surface area contributed by atoms with Crippen LogP contribution in [0.15, 0.2) is 18.2 Å². The van der Waals surface area contributed by atoms with Gasteiger partial charge in [0.15, 0.2) is 11.5 Å². The van der Waals surface area contributed by atoms with Gasteiger partial charge in [-0.3, -0.25) is 4.79 Å². The quantitative estimate of drug-likeness (QED) is 0.920. The Morgan fingerprint density at radius 3 is 2.50 bits per heavy atom. The van der Waals surface area contributed by atoms with Crippen LogP contribution in [-0.4, -0.2) is 26.2 Å². The van der Waals surface area contributed by atoms with Crippen LogP contribution in [0.25, 0.3) is 0 Å². The highest BCUT2D eigenvalue weighted by molar-refractivity contribution is 5.95. The van der Waals surface area contributed by atoms with Gasteiger partial charge >= 0.3 is 0 Å². The van der Waals surface area contributed by atoms with E-state index in [9.17, 15) is 4.79 Å². The Hall–Kier alpha value is -1.71. The Morgan fingerprint density at radius 1 is 1.15 bits per heavy atom. The standard InChI is InChI=1S/C16H23NO3/c1-11-6-4-5-7-13(11)17-16(18)12-8-9-14(19-2)15(10-12)20-3/h8-11,13H,4-7H2,1-3H3,(H,17,18)/t11-,13-/m1/s1. The Labute approximate surface area is 120 Å². The van der Waals surface area contributed by atoms with E-state index in [0.717, 1.165) is 6.42 Å². The molecule has 0 spiro atoms. The molecule has 0 unspecified atom stereocenters. The highest BCUT2D eigenvalue weighted by Crippen LogP contribution is 2.28. The van der Waals surface area contributed by atoms with Gasteiger partial charge in [0.2, 0.25) is 0 Å². The number of methoxy groups -OCH3 is 2. The zero-order valence-electron chi connectivity index (χ0n) is 12.4. The summed E-state index contributed by atoms with van der Waals surface area (Å²) in [5.41, 5.74) is 0.612. The second-order valence-electron chi connectivity index (χ2n) is 5.41. The lowest BCUT2D eigenvalue weighted by Gasteiger charge is -2.29. The molecular weight excluding hydrogens is 254 g/mol. The number of hydrogen-bond donors (Lipinski definition) is 1. The maximum absolute atomic E-state index is 12.3. The first-order valence-electron chi connectivity index (χ1n) is 7.18. The van der Waals surface area contributed by atoms with E-state index < -0.39 is 0 Å². The first kappa shape index (κ1) is 14.7. The van der Waals surface area contributed by atoms with Crippen LogP contribution in [-0.2, 0) is 0 Å². The molecule has 0 heterocycles. The van der Waals surface area contributed by atoms with E-state index in [1.165, 1.54) is 19.3 Å². The fourth-order valence-electron chi connectivity index (χ4n) is 2.76. The third kappa shape index (κ3) is 3.24. The molecule has 1 aliphatic rings. The maximum atomic E-state index is 12.3. The van der Waals surface area contributed by atoms with Crippen molar-refractivity contribution in [2.24, 2.45) is 5.92 Å². The lowest BCUT2D eigenvalue weighted by Crippen LogP contribution is -2.41. The molecule has 110 valence electrons. The molecule has 1 fully saturated rings. The summed E-state index contributed by atoms with van der Waals surface area (Å²) in [5.74, 6) is 1.73. The van der Waals surface area contributed by atoms with Crippen molar-refractivity contribution in [2.75, 3.05) is 14.2 Å². The summed E-state index contributed by atoms with van der Waals surface area (Å²) >= 11 is 0. The van der Waals surface area contributed by atoms with Crippen molar-refractivity contribution in [3.05, 3.63) is 23.8 Å². The largest absolute Gasteiger partial charge is 0.493 e. The van der Waals surface area contributed by atoms with Gasteiger partial charge < -0.3 is 14.8 Å². The van der Waals surface area contributed by atoms with Gasteiger partial charge in [0.05, 0.1) is 14.2 Å². The smallest absolute Gasteiger partial charge is 0.251 e. The molecule has 1 amide bonds. The van der Waals surface area contributed by atoms with Crippen molar-refractivity contribution in [3.8, 4) is 11.5 Å². The van der Waals surface area contributed by atoms with E-state index in [-0.39, 0.29) is 11.9 Å². The van der Waals surface area contributed by atoms with Crippen LogP contribution in [0.1, 0.15) is 43.0 Å². The highest BCUT2D eigenvalue weighted by Gasteiger charge is 2.23. The molecule has 1 aliphatic carbocycles. The van der Waals surface area contributed by atoms with Crippen LogP contribution in [0.4, 0.5) is 0 Å². The highest BCUT2D eigenvalue weighted by atomic mass is 16.5. The van der Waals surface area contributed by atoms with Gasteiger partial charge in [-0.05, 0) is 37.0 Å². The van der Waals surface area contributed by atoms with Crippen molar-refractivity contribution in [1.29, 1.82) is 0 Å². The summed E-state index contributed by atoms with van der Waals surface area (Å²) in [7, 11) is 3.16. The van der Waals surface area contributed by atoms with E-state index in [1.54, 1.807) is 32.4 Å². The molecule has 1 saturated carbocycles. The second kappa shape index (κ2) is 6.64. The lowest BCUT2D eigenvalue weighted by molar-refractivity contribution is 0.0910. The predicted octanol–water partition coefficient (Wildman–Crippen LogP) is 3.01. The summed E-state index contributed by atoms with van der Waals surface area (Å²) in [6.07, 6.45) is 4.72. The third-order valence-electron chi connectivity index (χ3n) is 4.07. The summed E-state index contributed by atoms with van der Waals surface area (Å²) in [4.78, 5) is 12.3. The number of nitrogens with one attached hydrogen (secondary N) is 1. The number of benzene rings is 1. The molecule has 2 rings (SSSR count). The van der Waals surface area contributed by atoms with Gasteiger partial charge in [0, 0.05) is 11.6 Å². The van der Waals surface area contributed by atoms with Gasteiger partial charge in [-0.2, -0.15) is 0 Å².